The van der Waals surface area contributed by atoms with Gasteiger partial charge in [0.2, 0.25) is 5.91 Å². The highest BCUT2D eigenvalue weighted by molar-refractivity contribution is 6.31. The number of anilines is 1. The summed E-state index contributed by atoms with van der Waals surface area (Å²) in [5, 5.41) is 6.24. The first-order valence-electron chi connectivity index (χ1n) is 10.2. The van der Waals surface area contributed by atoms with Crippen molar-refractivity contribution in [3.8, 4) is 0 Å². The molecule has 3 atom stereocenters. The summed E-state index contributed by atoms with van der Waals surface area (Å²) in [6.07, 6.45) is 0.574. The minimum Gasteiger partial charge on any atom is -0.325 e. The molecule has 1 saturated heterocycles. The lowest BCUT2D eigenvalue weighted by molar-refractivity contribution is -0.131. The van der Waals surface area contributed by atoms with Crippen LogP contribution in [0.25, 0.3) is 0 Å². The predicted octanol–water partition coefficient (Wildman–Crippen LogP) is 4.73. The van der Waals surface area contributed by atoms with E-state index in [2.05, 4.69) is 10.6 Å². The van der Waals surface area contributed by atoms with Gasteiger partial charge in [0.15, 0.2) is 0 Å². The summed E-state index contributed by atoms with van der Waals surface area (Å²) in [5.41, 5.74) is -2.86. The number of hydrogen-bond donors (Lipinski definition) is 2. The molecule has 5 rings (SSSR count). The van der Waals surface area contributed by atoms with Gasteiger partial charge in [-0.3, -0.25) is 13.6 Å². The summed E-state index contributed by atoms with van der Waals surface area (Å²) in [6, 6.07) is 8.27. The average molecular weight is 483 g/mol. The van der Waals surface area contributed by atoms with Gasteiger partial charge in [-0.05, 0) is 42.2 Å². The van der Waals surface area contributed by atoms with Crippen LogP contribution < -0.4 is 10.6 Å². The summed E-state index contributed by atoms with van der Waals surface area (Å²) in [5.74, 6) is -2.19. The van der Waals surface area contributed by atoms with E-state index in [1.165, 1.54) is 12.1 Å². The highest BCUT2D eigenvalue weighted by Gasteiger charge is 2.77. The summed E-state index contributed by atoms with van der Waals surface area (Å²) >= 11 is 12.2. The molecule has 0 unspecified atom stereocenters. The molecule has 1 aliphatic carbocycles. The number of hydrogen-bond acceptors (Lipinski definition) is 3. The number of rotatable bonds is 4. The Labute approximate surface area is 192 Å². The van der Waals surface area contributed by atoms with Gasteiger partial charge in [-0.25, -0.2) is 4.39 Å². The quantitative estimate of drug-likeness (QED) is 0.619. The van der Waals surface area contributed by atoms with E-state index in [0.29, 0.717) is 22.6 Å². The lowest BCUT2D eigenvalue weighted by atomic mass is 9.46. The number of amides is 1. The Morgan fingerprint density at radius 3 is 2.50 bits per heavy atom. The number of nitrogens with one attached hydrogen (secondary N) is 2. The van der Waals surface area contributed by atoms with Crippen LogP contribution in [-0.4, -0.2) is 37.1 Å². The van der Waals surface area contributed by atoms with Crippen molar-refractivity contribution in [1.82, 2.24) is 5.32 Å². The molecule has 2 fully saturated rings. The molecule has 0 radical (unpaired) electrons. The van der Waals surface area contributed by atoms with Gasteiger partial charge in [-0.1, -0.05) is 41.4 Å². The smallest absolute Gasteiger partial charge is 0.237 e. The van der Waals surface area contributed by atoms with Crippen molar-refractivity contribution in [3.63, 3.8) is 0 Å². The molecule has 2 heterocycles. The number of halogens is 5. The van der Waals surface area contributed by atoms with Crippen LogP contribution in [0.15, 0.2) is 36.4 Å². The van der Waals surface area contributed by atoms with Crippen molar-refractivity contribution < 1.29 is 22.8 Å². The third-order valence-electron chi connectivity index (χ3n) is 7.42. The number of alkyl halides is 2. The van der Waals surface area contributed by atoms with Crippen molar-refractivity contribution >= 4 is 41.1 Å². The predicted molar refractivity (Wildman–Crippen MR) is 115 cm³/mol. The van der Waals surface area contributed by atoms with Crippen molar-refractivity contribution in [2.24, 2.45) is 5.41 Å². The molecular formula is C23H19Cl2F3N2O2. The summed E-state index contributed by atoms with van der Waals surface area (Å²) < 4.78 is 42.9. The molecule has 0 bridgehead atoms. The molecule has 0 aromatic heterocycles. The Morgan fingerprint density at radius 2 is 1.84 bits per heavy atom. The van der Waals surface area contributed by atoms with E-state index in [9.17, 15) is 18.4 Å². The molecule has 2 aromatic carbocycles. The van der Waals surface area contributed by atoms with E-state index in [0.717, 1.165) is 0 Å². The Balaban J connectivity index is 1.80. The van der Waals surface area contributed by atoms with Crippen molar-refractivity contribution in [1.29, 1.82) is 0 Å². The van der Waals surface area contributed by atoms with Crippen molar-refractivity contribution in [3.05, 3.63) is 63.4 Å². The summed E-state index contributed by atoms with van der Waals surface area (Å²) in [6.45, 7) is -1.81. The molecule has 2 aliphatic heterocycles. The highest BCUT2D eigenvalue weighted by Crippen LogP contribution is 2.68. The third kappa shape index (κ3) is 2.56. The molecule has 2 N–H and O–H groups in total. The Bertz CT molecular complexity index is 1130. The molecule has 1 amide bonds. The largest absolute Gasteiger partial charge is 0.325 e. The van der Waals surface area contributed by atoms with E-state index in [4.69, 9.17) is 23.2 Å². The van der Waals surface area contributed by atoms with E-state index in [1.807, 2.05) is 0 Å². The third-order valence-corrected chi connectivity index (χ3v) is 7.95. The topological polar surface area (TPSA) is 58.2 Å². The van der Waals surface area contributed by atoms with E-state index in [1.54, 1.807) is 24.3 Å². The monoisotopic (exact) mass is 482 g/mol. The SMILES string of the molecule is O=C[C@@H]1NC2(CC(CF)(CF)C2)[C@@]2(C(=O)Nc3cc(Cl)ccc32)[C@H]1c1cccc(Cl)c1F. The zero-order valence-electron chi connectivity index (χ0n) is 16.7. The maximum absolute atomic E-state index is 15.3. The van der Waals surface area contributed by atoms with Gasteiger partial charge in [0.25, 0.3) is 0 Å². The van der Waals surface area contributed by atoms with Crippen LogP contribution in [0.4, 0.5) is 18.9 Å². The van der Waals surface area contributed by atoms with Crippen molar-refractivity contribution in [2.45, 2.75) is 35.8 Å². The number of benzene rings is 2. The molecular weight excluding hydrogens is 464 g/mol. The first-order valence-corrected chi connectivity index (χ1v) is 10.9. The number of carbonyl (C=O) groups excluding carboxylic acids is 2. The van der Waals surface area contributed by atoms with Crippen LogP contribution >= 0.6 is 23.2 Å². The maximum Gasteiger partial charge on any atom is 0.237 e. The molecule has 32 heavy (non-hydrogen) atoms. The second kappa shape index (κ2) is 7.20. The zero-order valence-corrected chi connectivity index (χ0v) is 18.2. The van der Waals surface area contributed by atoms with Crippen LogP contribution in [0.2, 0.25) is 10.0 Å². The van der Waals surface area contributed by atoms with Crippen LogP contribution in [0.3, 0.4) is 0 Å². The van der Waals surface area contributed by atoms with E-state index in [-0.39, 0.29) is 23.4 Å². The number of carbonyl (C=O) groups is 2. The van der Waals surface area contributed by atoms with E-state index >= 15 is 4.39 Å². The van der Waals surface area contributed by atoms with Gasteiger partial charge in [0, 0.05) is 27.6 Å². The van der Waals surface area contributed by atoms with Gasteiger partial charge >= 0.3 is 0 Å². The maximum atomic E-state index is 15.3. The summed E-state index contributed by atoms with van der Waals surface area (Å²) in [7, 11) is 0. The van der Waals surface area contributed by atoms with Gasteiger partial charge in [0.1, 0.15) is 17.5 Å². The zero-order chi connectivity index (χ0) is 22.9. The Kier molecular flexibility index (Phi) is 4.89. The number of aldehydes is 1. The van der Waals surface area contributed by atoms with Crippen LogP contribution in [-0.2, 0) is 15.0 Å². The molecule has 168 valence electrons. The fourth-order valence-electron chi connectivity index (χ4n) is 6.31. The Hall–Kier alpha value is -2.09. The van der Waals surface area contributed by atoms with E-state index < -0.39 is 53.4 Å². The summed E-state index contributed by atoms with van der Waals surface area (Å²) in [4.78, 5) is 26.0. The first kappa shape index (κ1) is 21.7. The van der Waals surface area contributed by atoms with Gasteiger partial charge in [-0.15, -0.1) is 0 Å². The van der Waals surface area contributed by atoms with Crippen LogP contribution in [0.1, 0.15) is 29.9 Å². The molecule has 9 heteroatoms. The minimum atomic E-state index is -1.49. The molecule has 4 nitrogen and oxygen atoms in total. The lowest BCUT2D eigenvalue weighted by Crippen LogP contribution is -2.70. The standard InChI is InChI=1S/C23H19Cl2F3N2O2/c24-12-4-5-14-16(6-12)29-20(32)23(14)18(13-2-1-3-15(25)19(13)28)17(7-31)30-22(23)8-21(9-22,10-26)11-27/h1-7,17-18,30H,8-11H2,(H,29,32)/t17-,18-,23+/m0/s1. The number of fused-ring (bicyclic) bond motifs is 3. The molecule has 3 aliphatic rings. The molecule has 1 saturated carbocycles. The fraction of sp³-hybridized carbons (Fsp3) is 0.391. The lowest BCUT2D eigenvalue weighted by Gasteiger charge is -2.59. The van der Waals surface area contributed by atoms with Gasteiger partial charge in [-0.2, -0.15) is 0 Å². The second-order valence-corrected chi connectivity index (χ2v) is 9.93. The normalized spacial score (nSPS) is 29.1. The molecule has 2 aromatic rings. The molecule has 2 spiro atoms. The van der Waals surface area contributed by atoms with Gasteiger partial charge < -0.3 is 15.4 Å². The second-order valence-electron chi connectivity index (χ2n) is 9.08. The minimum absolute atomic E-state index is 0.0223. The Morgan fingerprint density at radius 1 is 1.12 bits per heavy atom. The van der Waals surface area contributed by atoms with Crippen LogP contribution in [0, 0.1) is 11.2 Å². The first-order chi connectivity index (χ1) is 15.3. The van der Waals surface area contributed by atoms with Gasteiger partial charge in [0.05, 0.1) is 24.4 Å². The highest BCUT2D eigenvalue weighted by atomic mass is 35.5. The van der Waals surface area contributed by atoms with Crippen LogP contribution in [0.5, 0.6) is 0 Å². The van der Waals surface area contributed by atoms with Crippen molar-refractivity contribution in [2.75, 3.05) is 18.7 Å². The fourth-order valence-corrected chi connectivity index (χ4v) is 6.66. The average Bonchev–Trinajstić information content (AvgIpc) is 3.21.